The molecule has 2 heterocycles. The molecule has 3 aromatic rings. The van der Waals surface area contributed by atoms with Gasteiger partial charge in [-0.1, -0.05) is 71.4 Å². The van der Waals surface area contributed by atoms with Crippen molar-refractivity contribution in [3.63, 3.8) is 0 Å². The third kappa shape index (κ3) is 4.68. The van der Waals surface area contributed by atoms with Crippen molar-refractivity contribution in [1.82, 2.24) is 4.57 Å². The average molecular weight is 505 g/mol. The van der Waals surface area contributed by atoms with Crippen LogP contribution < -0.4 is 16.3 Å². The molecule has 0 radical (unpaired) electrons. The van der Waals surface area contributed by atoms with Crippen LogP contribution in [0, 0.1) is 13.8 Å². The highest BCUT2D eigenvalue weighted by Gasteiger charge is 2.38. The molecule has 1 aliphatic rings. The van der Waals surface area contributed by atoms with E-state index in [9.17, 15) is 14.4 Å². The van der Waals surface area contributed by atoms with E-state index in [-0.39, 0.29) is 40.8 Å². The molecular formula is C28H28N2O5S. The van der Waals surface area contributed by atoms with Crippen molar-refractivity contribution >= 4 is 46.3 Å². The first-order valence-electron chi connectivity index (χ1n) is 11.7. The highest BCUT2D eigenvalue weighted by Crippen LogP contribution is 2.39. The number of fused-ring (bicyclic) bond motifs is 1. The first kappa shape index (κ1) is 25.3. The fourth-order valence-corrected chi connectivity index (χ4v) is 5.27. The normalized spacial score (nSPS) is 15.6. The molecule has 0 aliphatic carbocycles. The number of ether oxygens (including phenoxy) is 2. The number of carbonyl (C=O) groups excluding carboxylic acids is 3. The second-order valence-electron chi connectivity index (χ2n) is 8.43. The first-order chi connectivity index (χ1) is 17.3. The predicted octanol–water partition coefficient (Wildman–Crippen LogP) is 3.49. The molecule has 2 aromatic carbocycles. The Morgan fingerprint density at radius 3 is 2.08 bits per heavy atom. The zero-order chi connectivity index (χ0) is 26.0. The molecule has 0 amide bonds. The number of thioether (sulfide) groups is 1. The van der Waals surface area contributed by atoms with Crippen LogP contribution in [0.3, 0.4) is 0 Å². The number of aromatic nitrogens is 1. The largest absolute Gasteiger partial charge is 0.462 e. The van der Waals surface area contributed by atoms with Gasteiger partial charge in [0.2, 0.25) is 5.91 Å². The second kappa shape index (κ2) is 10.5. The van der Waals surface area contributed by atoms with Crippen LogP contribution in [-0.4, -0.2) is 35.6 Å². The zero-order valence-electron chi connectivity index (χ0n) is 20.7. The van der Waals surface area contributed by atoms with E-state index in [2.05, 4.69) is 0 Å². The SMILES string of the molecule is CCOC(=O)C1=c2/c(=C/c3ccc(C)cc3)c(N)c(C(=O)OCC)n2C(=O)C(c2ccc(C)cc2)S1. The van der Waals surface area contributed by atoms with Crippen LogP contribution in [0.4, 0.5) is 5.69 Å². The molecular weight excluding hydrogens is 476 g/mol. The standard InChI is InChI=1S/C28H28N2O5S/c1-5-34-27(32)23-21(29)20(15-18-11-7-16(3)8-12-18)22-25(28(33)35-6-2)36-24(26(31)30(22)23)19-13-9-17(4)10-14-19/h7-15,24H,5-6,29H2,1-4H3/b20-15+. The highest BCUT2D eigenvalue weighted by atomic mass is 32.2. The molecule has 7 nitrogen and oxygen atoms in total. The number of esters is 2. The van der Waals surface area contributed by atoms with Gasteiger partial charge in [0.05, 0.1) is 24.3 Å². The van der Waals surface area contributed by atoms with Crippen LogP contribution in [0.15, 0.2) is 48.5 Å². The average Bonchev–Trinajstić information content (AvgIpc) is 3.14. The Morgan fingerprint density at radius 1 is 0.944 bits per heavy atom. The number of hydrogen-bond donors (Lipinski definition) is 1. The van der Waals surface area contributed by atoms with Gasteiger partial charge in [-0.25, -0.2) is 9.59 Å². The minimum absolute atomic E-state index is 0.0735. The lowest BCUT2D eigenvalue weighted by Gasteiger charge is -2.23. The number of rotatable bonds is 6. The van der Waals surface area contributed by atoms with Gasteiger partial charge in [-0.15, -0.1) is 0 Å². The summed E-state index contributed by atoms with van der Waals surface area (Å²) in [5.41, 5.74) is 10.1. The molecule has 1 atom stereocenters. The second-order valence-corrected chi connectivity index (χ2v) is 9.55. The lowest BCUT2D eigenvalue weighted by molar-refractivity contribution is -0.135. The number of hydrogen-bond acceptors (Lipinski definition) is 7. The third-order valence-electron chi connectivity index (χ3n) is 5.84. The van der Waals surface area contributed by atoms with Gasteiger partial charge in [0.15, 0.2) is 5.69 Å². The number of aryl methyl sites for hydroxylation is 2. The smallest absolute Gasteiger partial charge is 0.357 e. The van der Waals surface area contributed by atoms with E-state index >= 15 is 0 Å². The number of benzene rings is 2. The molecule has 0 bridgehead atoms. The topological polar surface area (TPSA) is 101 Å². The van der Waals surface area contributed by atoms with Crippen LogP contribution in [0.5, 0.6) is 0 Å². The van der Waals surface area contributed by atoms with Gasteiger partial charge < -0.3 is 15.2 Å². The number of nitrogen functional groups attached to an aromatic ring is 1. The van der Waals surface area contributed by atoms with Gasteiger partial charge in [-0.05, 0) is 44.9 Å². The summed E-state index contributed by atoms with van der Waals surface area (Å²) in [5, 5.41) is -0.134. The van der Waals surface area contributed by atoms with Gasteiger partial charge >= 0.3 is 11.9 Å². The molecule has 1 aromatic heterocycles. The van der Waals surface area contributed by atoms with E-state index in [0.29, 0.717) is 10.8 Å². The van der Waals surface area contributed by atoms with Gasteiger partial charge in [-0.3, -0.25) is 9.36 Å². The van der Waals surface area contributed by atoms with Crippen molar-refractivity contribution in [3.8, 4) is 0 Å². The van der Waals surface area contributed by atoms with Crippen molar-refractivity contribution in [1.29, 1.82) is 0 Å². The van der Waals surface area contributed by atoms with Gasteiger partial charge in [0, 0.05) is 5.22 Å². The fourth-order valence-electron chi connectivity index (χ4n) is 4.06. The molecule has 0 fully saturated rings. The summed E-state index contributed by atoms with van der Waals surface area (Å²) in [5.74, 6) is -1.70. The summed E-state index contributed by atoms with van der Waals surface area (Å²) in [6.07, 6.45) is 1.77. The minimum Gasteiger partial charge on any atom is -0.462 e. The molecule has 0 spiro atoms. The molecule has 1 aliphatic heterocycles. The van der Waals surface area contributed by atoms with Crippen LogP contribution in [0.1, 0.15) is 56.6 Å². The Kier molecular flexibility index (Phi) is 7.35. The van der Waals surface area contributed by atoms with Crippen molar-refractivity contribution in [2.75, 3.05) is 18.9 Å². The van der Waals surface area contributed by atoms with Crippen molar-refractivity contribution < 1.29 is 23.9 Å². The predicted molar refractivity (Wildman–Crippen MR) is 141 cm³/mol. The maximum absolute atomic E-state index is 13.9. The number of nitrogens with two attached hydrogens (primary N) is 1. The van der Waals surface area contributed by atoms with Crippen molar-refractivity contribution in [2.24, 2.45) is 0 Å². The van der Waals surface area contributed by atoms with E-state index in [1.807, 2.05) is 62.4 Å². The van der Waals surface area contributed by atoms with E-state index in [4.69, 9.17) is 15.2 Å². The Balaban J connectivity index is 2.08. The maximum atomic E-state index is 13.9. The minimum atomic E-state index is -0.773. The summed E-state index contributed by atoms with van der Waals surface area (Å²) in [6, 6.07) is 15.2. The zero-order valence-corrected chi connectivity index (χ0v) is 21.5. The quantitative estimate of drug-likeness (QED) is 0.513. The van der Waals surface area contributed by atoms with Crippen LogP contribution >= 0.6 is 11.8 Å². The molecule has 0 saturated heterocycles. The molecule has 2 N–H and O–H groups in total. The molecule has 36 heavy (non-hydrogen) atoms. The maximum Gasteiger partial charge on any atom is 0.357 e. The lowest BCUT2D eigenvalue weighted by Crippen LogP contribution is -2.42. The molecule has 4 rings (SSSR count). The highest BCUT2D eigenvalue weighted by molar-refractivity contribution is 8.10. The third-order valence-corrected chi connectivity index (χ3v) is 7.15. The summed E-state index contributed by atoms with van der Waals surface area (Å²) >= 11 is 1.11. The van der Waals surface area contributed by atoms with Gasteiger partial charge in [0.1, 0.15) is 10.2 Å². The fraction of sp³-hybridized carbons (Fsp3) is 0.250. The summed E-state index contributed by atoms with van der Waals surface area (Å²) in [7, 11) is 0. The summed E-state index contributed by atoms with van der Waals surface area (Å²) < 4.78 is 11.9. The van der Waals surface area contributed by atoms with Crippen LogP contribution in [-0.2, 0) is 14.3 Å². The van der Waals surface area contributed by atoms with Crippen molar-refractivity contribution in [3.05, 3.63) is 87.0 Å². The van der Waals surface area contributed by atoms with Gasteiger partial charge in [-0.2, -0.15) is 0 Å². The first-order valence-corrected chi connectivity index (χ1v) is 12.6. The van der Waals surface area contributed by atoms with Crippen molar-refractivity contribution in [2.45, 2.75) is 32.9 Å². The molecule has 186 valence electrons. The van der Waals surface area contributed by atoms with E-state index in [1.54, 1.807) is 19.9 Å². The van der Waals surface area contributed by atoms with Crippen LogP contribution in [0.25, 0.3) is 11.0 Å². The number of carbonyl (C=O) groups is 3. The van der Waals surface area contributed by atoms with Crippen LogP contribution in [0.2, 0.25) is 0 Å². The van der Waals surface area contributed by atoms with Gasteiger partial charge in [0.25, 0.3) is 0 Å². The van der Waals surface area contributed by atoms with E-state index in [0.717, 1.165) is 28.5 Å². The molecule has 0 saturated carbocycles. The van der Waals surface area contributed by atoms with E-state index < -0.39 is 17.2 Å². The molecule has 1 unspecified atom stereocenters. The lowest BCUT2D eigenvalue weighted by atomic mass is 10.1. The van der Waals surface area contributed by atoms with E-state index in [1.165, 1.54) is 4.57 Å². The number of anilines is 1. The Morgan fingerprint density at radius 2 is 1.50 bits per heavy atom. The monoisotopic (exact) mass is 504 g/mol. The summed E-state index contributed by atoms with van der Waals surface area (Å²) in [4.78, 5) is 40.4. The Hall–Kier alpha value is -3.78. The Labute approximate surface area is 213 Å². The Bertz CT molecular complexity index is 1450. The number of nitrogens with zero attached hydrogens (tertiary/aromatic N) is 1. The summed E-state index contributed by atoms with van der Waals surface area (Å²) in [6.45, 7) is 7.58. The molecule has 8 heteroatoms.